The summed E-state index contributed by atoms with van der Waals surface area (Å²) in [7, 11) is 0. The fraction of sp³-hybridized carbons (Fsp3) is 0.176. The Morgan fingerprint density at radius 2 is 1.35 bits per heavy atom. The topological polar surface area (TPSA) is 54.4 Å². The number of carboxylic acid groups (broad SMARTS) is 1. The predicted octanol–water partition coefficient (Wildman–Crippen LogP) is 4.30. The maximum Gasteiger partial charge on any atom is 0.416 e. The minimum atomic E-state index is -5.10. The molecule has 0 fully saturated rings. The van der Waals surface area contributed by atoms with Gasteiger partial charge in [-0.3, -0.25) is 4.79 Å². The Bertz CT molecular complexity index is 795. The highest BCUT2D eigenvalue weighted by Crippen LogP contribution is 2.43. The third-order valence-electron chi connectivity index (χ3n) is 3.84. The van der Waals surface area contributed by atoms with Crippen LogP contribution in [0.5, 0.6) is 0 Å². The van der Waals surface area contributed by atoms with Gasteiger partial charge in [-0.15, -0.1) is 0 Å². The van der Waals surface area contributed by atoms with Gasteiger partial charge in [-0.1, -0.05) is 18.7 Å². The summed E-state index contributed by atoms with van der Waals surface area (Å²) in [6.07, 6.45) is -6.63. The quantitative estimate of drug-likeness (QED) is 0.632. The van der Waals surface area contributed by atoms with Gasteiger partial charge in [0.25, 0.3) is 0 Å². The Hall–Kier alpha value is -2.84. The molecule has 0 atom stereocenters. The smallest absolute Gasteiger partial charge is 0.416 e. The molecule has 0 aromatic heterocycles. The molecule has 2 rings (SSSR count). The Morgan fingerprint density at radius 3 is 1.69 bits per heavy atom. The van der Waals surface area contributed by atoms with Gasteiger partial charge in [0.15, 0.2) is 5.78 Å². The molecule has 3 nitrogen and oxygen atoms in total. The van der Waals surface area contributed by atoms with Gasteiger partial charge in [-0.25, -0.2) is 4.79 Å². The highest BCUT2D eigenvalue weighted by molar-refractivity contribution is 6.02. The van der Waals surface area contributed by atoms with E-state index in [-0.39, 0.29) is 6.07 Å². The van der Waals surface area contributed by atoms with Gasteiger partial charge in [-0.2, -0.15) is 26.3 Å². The zero-order chi connectivity index (χ0) is 19.9. The van der Waals surface area contributed by atoms with Gasteiger partial charge in [0, 0.05) is 5.57 Å². The molecule has 0 amide bonds. The number of hydrogen-bond acceptors (Lipinski definition) is 2. The van der Waals surface area contributed by atoms with Crippen LogP contribution in [0.3, 0.4) is 0 Å². The molecule has 0 aliphatic heterocycles. The molecule has 0 radical (unpaired) electrons. The first-order valence-corrected chi connectivity index (χ1v) is 6.92. The van der Waals surface area contributed by atoms with Gasteiger partial charge >= 0.3 is 18.3 Å². The highest BCUT2D eigenvalue weighted by atomic mass is 19.4. The van der Waals surface area contributed by atoms with Crippen molar-refractivity contribution in [2.24, 2.45) is 0 Å². The largest absolute Gasteiger partial charge is 0.478 e. The molecule has 0 unspecified atom stereocenters. The third kappa shape index (κ3) is 3.56. The number of rotatable bonds is 3. The highest BCUT2D eigenvalue weighted by Gasteiger charge is 2.42. The summed E-state index contributed by atoms with van der Waals surface area (Å²) in [6.45, 7) is 3.26. The normalized spacial score (nSPS) is 16.6. The van der Waals surface area contributed by atoms with Crippen LogP contribution in [-0.2, 0) is 27.4 Å². The summed E-state index contributed by atoms with van der Waals surface area (Å²) >= 11 is 0. The van der Waals surface area contributed by atoms with Crippen molar-refractivity contribution in [3.8, 4) is 0 Å². The molecule has 0 saturated carbocycles. The molecule has 1 aliphatic carbocycles. The number of halogens is 6. The van der Waals surface area contributed by atoms with E-state index in [0.29, 0.717) is 12.1 Å². The van der Waals surface area contributed by atoms with E-state index in [4.69, 9.17) is 0 Å². The minimum absolute atomic E-state index is 0.0673. The Kier molecular flexibility index (Phi) is 4.61. The standard InChI is InChI=1S/C17H10F6O3/c1-9(14(25)26)15(4-2-13(24)3-5-15)10-6-11(16(18,19)20)8-12(7-10)17(21,22)23/h2-8H,1H2,(H,25,26). The van der Waals surface area contributed by atoms with E-state index in [1.54, 1.807) is 0 Å². The lowest BCUT2D eigenvalue weighted by Gasteiger charge is -2.31. The van der Waals surface area contributed by atoms with Crippen molar-refractivity contribution in [1.29, 1.82) is 0 Å². The van der Waals surface area contributed by atoms with Crippen LogP contribution in [0.15, 0.2) is 54.7 Å². The lowest BCUT2D eigenvalue weighted by atomic mass is 9.71. The molecule has 0 bridgehead atoms. The maximum absolute atomic E-state index is 13.1. The fourth-order valence-corrected chi connectivity index (χ4v) is 2.48. The van der Waals surface area contributed by atoms with Crippen LogP contribution in [0.2, 0.25) is 0 Å². The van der Waals surface area contributed by atoms with Crippen LogP contribution in [0, 0.1) is 0 Å². The lowest BCUT2D eigenvalue weighted by Crippen LogP contribution is -2.31. The number of alkyl halides is 6. The van der Waals surface area contributed by atoms with E-state index in [1.165, 1.54) is 0 Å². The van der Waals surface area contributed by atoms with Crippen molar-refractivity contribution < 1.29 is 41.0 Å². The van der Waals surface area contributed by atoms with Crippen molar-refractivity contribution in [2.75, 3.05) is 0 Å². The zero-order valence-electron chi connectivity index (χ0n) is 12.8. The van der Waals surface area contributed by atoms with Gasteiger partial charge in [-0.05, 0) is 35.9 Å². The van der Waals surface area contributed by atoms with Crippen LogP contribution >= 0.6 is 0 Å². The molecule has 1 aromatic rings. The molecule has 1 aromatic carbocycles. The van der Waals surface area contributed by atoms with Crippen molar-refractivity contribution in [1.82, 2.24) is 0 Å². The number of hydrogen-bond donors (Lipinski definition) is 1. The Balaban J connectivity index is 2.83. The minimum Gasteiger partial charge on any atom is -0.478 e. The second-order valence-corrected chi connectivity index (χ2v) is 5.52. The Labute approximate surface area is 142 Å². The molecule has 1 aliphatic rings. The van der Waals surface area contributed by atoms with Crippen molar-refractivity contribution >= 4 is 11.8 Å². The van der Waals surface area contributed by atoms with E-state index in [9.17, 15) is 41.0 Å². The number of carboxylic acids is 1. The number of ketones is 1. The van der Waals surface area contributed by atoms with Crippen molar-refractivity contribution in [3.05, 3.63) is 71.3 Å². The van der Waals surface area contributed by atoms with Crippen LogP contribution < -0.4 is 0 Å². The van der Waals surface area contributed by atoms with E-state index < -0.39 is 51.8 Å². The molecular weight excluding hydrogens is 366 g/mol. The van der Waals surface area contributed by atoms with E-state index >= 15 is 0 Å². The third-order valence-corrected chi connectivity index (χ3v) is 3.84. The number of aliphatic carboxylic acids is 1. The molecule has 138 valence electrons. The number of allylic oxidation sites excluding steroid dienone is 4. The first-order valence-electron chi connectivity index (χ1n) is 6.92. The molecule has 0 saturated heterocycles. The van der Waals surface area contributed by atoms with Gasteiger partial charge < -0.3 is 5.11 Å². The van der Waals surface area contributed by atoms with Crippen molar-refractivity contribution in [2.45, 2.75) is 17.8 Å². The lowest BCUT2D eigenvalue weighted by molar-refractivity contribution is -0.143. The van der Waals surface area contributed by atoms with Crippen LogP contribution in [0.25, 0.3) is 0 Å². The molecule has 1 N–H and O–H groups in total. The summed E-state index contributed by atoms with van der Waals surface area (Å²) in [6, 6.07) is 0.754. The monoisotopic (exact) mass is 376 g/mol. The second kappa shape index (κ2) is 6.15. The molecule has 0 heterocycles. The number of carbonyl (C=O) groups is 2. The second-order valence-electron chi connectivity index (χ2n) is 5.52. The summed E-state index contributed by atoms with van der Waals surface area (Å²) in [5.74, 6) is -2.23. The summed E-state index contributed by atoms with van der Waals surface area (Å²) < 4.78 is 78.3. The summed E-state index contributed by atoms with van der Waals surface area (Å²) in [5.41, 5.74) is -6.55. The van der Waals surface area contributed by atoms with Crippen LogP contribution in [-0.4, -0.2) is 16.9 Å². The van der Waals surface area contributed by atoms with E-state index in [1.807, 2.05) is 0 Å². The Morgan fingerprint density at radius 1 is 0.923 bits per heavy atom. The molecular formula is C17H10F6O3. The summed E-state index contributed by atoms with van der Waals surface area (Å²) in [4.78, 5) is 22.6. The number of benzene rings is 1. The maximum atomic E-state index is 13.1. The SMILES string of the molecule is C=C(C(=O)O)C1(c2cc(C(F)(F)F)cc(C(F)(F)F)c2)C=CC(=O)C=C1. The van der Waals surface area contributed by atoms with Crippen LogP contribution in [0.4, 0.5) is 26.3 Å². The zero-order valence-corrected chi connectivity index (χ0v) is 12.8. The average Bonchev–Trinajstić information content (AvgIpc) is 2.53. The van der Waals surface area contributed by atoms with Gasteiger partial charge in [0.05, 0.1) is 16.5 Å². The first kappa shape index (κ1) is 19.5. The fourth-order valence-electron chi connectivity index (χ4n) is 2.48. The van der Waals surface area contributed by atoms with Gasteiger partial charge in [0.1, 0.15) is 0 Å². The molecule has 26 heavy (non-hydrogen) atoms. The average molecular weight is 376 g/mol. The molecule has 0 spiro atoms. The van der Waals surface area contributed by atoms with Crippen LogP contribution in [0.1, 0.15) is 16.7 Å². The molecule has 9 heteroatoms. The van der Waals surface area contributed by atoms with Gasteiger partial charge in [0.2, 0.25) is 0 Å². The number of carbonyl (C=O) groups excluding carboxylic acids is 1. The summed E-state index contributed by atoms with van der Waals surface area (Å²) in [5, 5.41) is 9.19. The van der Waals surface area contributed by atoms with E-state index in [2.05, 4.69) is 6.58 Å². The van der Waals surface area contributed by atoms with E-state index in [0.717, 1.165) is 24.3 Å². The predicted molar refractivity (Wildman–Crippen MR) is 78.2 cm³/mol. The first-order chi connectivity index (χ1) is 11.8. The van der Waals surface area contributed by atoms with Crippen molar-refractivity contribution in [3.63, 3.8) is 0 Å².